The Kier molecular flexibility index (Phi) is 3.62. The van der Waals surface area contributed by atoms with Crippen molar-refractivity contribution in [2.45, 2.75) is 51.6 Å². The zero-order chi connectivity index (χ0) is 16.9. The highest BCUT2D eigenvalue weighted by atomic mass is 19.4. The van der Waals surface area contributed by atoms with Crippen LogP contribution in [-0.4, -0.2) is 10.7 Å². The van der Waals surface area contributed by atoms with Crippen molar-refractivity contribution in [3.8, 4) is 0 Å². The summed E-state index contributed by atoms with van der Waals surface area (Å²) in [6.45, 7) is 2.06. The molecule has 4 bridgehead atoms. The Bertz CT molecular complexity index is 613. The minimum atomic E-state index is -4.36. The molecule has 1 N–H and O–H groups in total. The van der Waals surface area contributed by atoms with Gasteiger partial charge in [0, 0.05) is 17.3 Å². The summed E-state index contributed by atoms with van der Waals surface area (Å²) in [5.41, 5.74) is 3.41. The molecule has 3 nitrogen and oxygen atoms in total. The van der Waals surface area contributed by atoms with E-state index in [2.05, 4.69) is 22.4 Å². The van der Waals surface area contributed by atoms with Crippen LogP contribution in [0.5, 0.6) is 0 Å². The molecule has 5 rings (SSSR count). The Balaban J connectivity index is 1.48. The number of halogens is 3. The Morgan fingerprint density at radius 2 is 1.71 bits per heavy atom. The Morgan fingerprint density at radius 3 is 2.17 bits per heavy atom. The first-order chi connectivity index (χ1) is 11.3. The Labute approximate surface area is 139 Å². The van der Waals surface area contributed by atoms with Crippen molar-refractivity contribution in [3.63, 3.8) is 0 Å². The van der Waals surface area contributed by atoms with Crippen molar-refractivity contribution in [2.75, 3.05) is 5.43 Å². The van der Waals surface area contributed by atoms with Crippen LogP contribution in [0.15, 0.2) is 23.4 Å². The van der Waals surface area contributed by atoms with E-state index < -0.39 is 11.7 Å². The number of nitrogens with one attached hydrogen (secondary N) is 1. The minimum Gasteiger partial charge on any atom is -0.261 e. The van der Waals surface area contributed by atoms with Crippen molar-refractivity contribution >= 4 is 11.5 Å². The van der Waals surface area contributed by atoms with Crippen molar-refractivity contribution in [3.05, 3.63) is 23.9 Å². The fourth-order valence-corrected chi connectivity index (χ4v) is 5.44. The maximum atomic E-state index is 12.6. The quantitative estimate of drug-likeness (QED) is 0.615. The highest BCUT2D eigenvalue weighted by molar-refractivity contribution is 5.89. The van der Waals surface area contributed by atoms with Crippen LogP contribution in [0.2, 0.25) is 0 Å². The summed E-state index contributed by atoms with van der Waals surface area (Å²) in [6.07, 6.45) is 4.27. The molecule has 1 aromatic rings. The molecule has 24 heavy (non-hydrogen) atoms. The third-order valence-corrected chi connectivity index (χ3v) is 6.23. The standard InChI is InChI=1S/C18H22F3N3/c1-11(17-7-12-4-13(8-17)6-14(5-12)9-17)23-24-16-3-2-15(10-22-16)18(19,20)21/h2-3,10,12-14H,4-9H2,1H3,(H,22,24)/b23-11-. The van der Waals surface area contributed by atoms with Crippen molar-refractivity contribution in [1.29, 1.82) is 0 Å². The molecule has 0 radical (unpaired) electrons. The van der Waals surface area contributed by atoms with E-state index in [4.69, 9.17) is 0 Å². The molecule has 4 saturated carbocycles. The lowest BCUT2D eigenvalue weighted by atomic mass is 9.48. The van der Waals surface area contributed by atoms with E-state index in [1.54, 1.807) is 0 Å². The van der Waals surface area contributed by atoms with Gasteiger partial charge < -0.3 is 0 Å². The maximum Gasteiger partial charge on any atom is 0.417 e. The van der Waals surface area contributed by atoms with Crippen molar-refractivity contribution < 1.29 is 13.2 Å². The third kappa shape index (κ3) is 2.80. The monoisotopic (exact) mass is 337 g/mol. The van der Waals surface area contributed by atoms with Gasteiger partial charge in [0.15, 0.2) is 0 Å². The van der Waals surface area contributed by atoms with Crippen LogP contribution in [0.25, 0.3) is 0 Å². The van der Waals surface area contributed by atoms with Crippen molar-refractivity contribution in [2.24, 2.45) is 28.3 Å². The molecule has 0 aromatic carbocycles. The predicted octanol–water partition coefficient (Wildman–Crippen LogP) is 5.10. The third-order valence-electron chi connectivity index (χ3n) is 6.23. The highest BCUT2D eigenvalue weighted by Gasteiger charge is 2.52. The topological polar surface area (TPSA) is 37.3 Å². The molecule has 1 heterocycles. The van der Waals surface area contributed by atoms with Gasteiger partial charge in [-0.05, 0) is 75.3 Å². The summed E-state index contributed by atoms with van der Waals surface area (Å²) in [5, 5.41) is 4.50. The average molecular weight is 337 g/mol. The van der Waals surface area contributed by atoms with E-state index in [1.807, 2.05) is 0 Å². The zero-order valence-electron chi connectivity index (χ0n) is 13.7. The molecule has 0 unspecified atom stereocenters. The molecule has 4 fully saturated rings. The number of pyridine rings is 1. The molecule has 130 valence electrons. The normalized spacial score (nSPS) is 35.3. The van der Waals surface area contributed by atoms with Gasteiger partial charge in [0.25, 0.3) is 0 Å². The van der Waals surface area contributed by atoms with Crippen LogP contribution in [0, 0.1) is 23.2 Å². The lowest BCUT2D eigenvalue weighted by molar-refractivity contribution is -0.137. The van der Waals surface area contributed by atoms with Crippen LogP contribution in [0.3, 0.4) is 0 Å². The number of hydrogen-bond acceptors (Lipinski definition) is 3. The van der Waals surface area contributed by atoms with Crippen molar-refractivity contribution in [1.82, 2.24) is 4.98 Å². The number of aromatic nitrogens is 1. The molecular formula is C18H22F3N3. The van der Waals surface area contributed by atoms with Gasteiger partial charge >= 0.3 is 6.18 Å². The van der Waals surface area contributed by atoms with E-state index in [-0.39, 0.29) is 5.41 Å². The van der Waals surface area contributed by atoms with E-state index >= 15 is 0 Å². The second-order valence-electron chi connectivity index (χ2n) is 7.94. The van der Waals surface area contributed by atoms with Crippen LogP contribution < -0.4 is 5.43 Å². The van der Waals surface area contributed by atoms with Crippen LogP contribution in [0.1, 0.15) is 51.0 Å². The second kappa shape index (κ2) is 5.46. The minimum absolute atomic E-state index is 0.202. The van der Waals surface area contributed by atoms with E-state index in [1.165, 1.54) is 44.6 Å². The predicted molar refractivity (Wildman–Crippen MR) is 86.6 cm³/mol. The molecule has 4 aliphatic rings. The van der Waals surface area contributed by atoms with Gasteiger partial charge in [-0.3, -0.25) is 5.43 Å². The Hall–Kier alpha value is -1.59. The molecule has 6 heteroatoms. The summed E-state index contributed by atoms with van der Waals surface area (Å²) in [7, 11) is 0. The van der Waals surface area contributed by atoms with Gasteiger partial charge in [0.2, 0.25) is 0 Å². The molecule has 1 aromatic heterocycles. The molecule has 0 aliphatic heterocycles. The number of hydrazone groups is 1. The van der Waals surface area contributed by atoms with Gasteiger partial charge in [0.1, 0.15) is 5.82 Å². The second-order valence-corrected chi connectivity index (χ2v) is 7.94. The first kappa shape index (κ1) is 15.9. The highest BCUT2D eigenvalue weighted by Crippen LogP contribution is 2.60. The molecule has 0 atom stereocenters. The van der Waals surface area contributed by atoms with E-state index in [9.17, 15) is 13.2 Å². The number of hydrogen-bond donors (Lipinski definition) is 1. The summed E-state index contributed by atoms with van der Waals surface area (Å²) < 4.78 is 37.7. The first-order valence-electron chi connectivity index (χ1n) is 8.68. The summed E-state index contributed by atoms with van der Waals surface area (Å²) in [6, 6.07) is 2.37. The number of anilines is 1. The first-order valence-corrected chi connectivity index (χ1v) is 8.68. The summed E-state index contributed by atoms with van der Waals surface area (Å²) in [4.78, 5) is 3.83. The summed E-state index contributed by atoms with van der Waals surface area (Å²) >= 11 is 0. The lowest BCUT2D eigenvalue weighted by Crippen LogP contribution is -2.49. The Morgan fingerprint density at radius 1 is 1.12 bits per heavy atom. The molecule has 0 amide bonds. The van der Waals surface area contributed by atoms with Gasteiger partial charge in [-0.25, -0.2) is 4.98 Å². The molecule has 4 aliphatic carbocycles. The zero-order valence-corrected chi connectivity index (χ0v) is 13.7. The number of nitrogens with zero attached hydrogens (tertiary/aromatic N) is 2. The number of rotatable bonds is 3. The van der Waals surface area contributed by atoms with Gasteiger partial charge in [-0.15, -0.1) is 0 Å². The van der Waals surface area contributed by atoms with E-state index in [0.29, 0.717) is 5.82 Å². The van der Waals surface area contributed by atoms with E-state index in [0.717, 1.165) is 35.7 Å². The van der Waals surface area contributed by atoms with Crippen LogP contribution in [0.4, 0.5) is 19.0 Å². The van der Waals surface area contributed by atoms with Gasteiger partial charge in [-0.1, -0.05) is 0 Å². The average Bonchev–Trinajstić information content (AvgIpc) is 2.51. The molecule has 0 spiro atoms. The lowest BCUT2D eigenvalue weighted by Gasteiger charge is -2.56. The molecular weight excluding hydrogens is 315 g/mol. The van der Waals surface area contributed by atoms with Gasteiger partial charge in [0.05, 0.1) is 5.56 Å². The molecule has 0 saturated heterocycles. The number of alkyl halides is 3. The van der Waals surface area contributed by atoms with Gasteiger partial charge in [-0.2, -0.15) is 18.3 Å². The summed E-state index contributed by atoms with van der Waals surface area (Å²) in [5.74, 6) is 2.87. The smallest absolute Gasteiger partial charge is 0.261 e. The van der Waals surface area contributed by atoms with Crippen LogP contribution in [-0.2, 0) is 6.18 Å². The van der Waals surface area contributed by atoms with Crippen LogP contribution >= 0.6 is 0 Å². The largest absolute Gasteiger partial charge is 0.417 e. The maximum absolute atomic E-state index is 12.6. The fourth-order valence-electron chi connectivity index (χ4n) is 5.44. The fraction of sp³-hybridized carbons (Fsp3) is 0.667. The SMILES string of the molecule is C/C(=N/Nc1ccc(C(F)(F)F)cn1)C12CC3CC(CC(C3)C1)C2.